The van der Waals surface area contributed by atoms with Gasteiger partial charge in [-0.05, 0) is 23.2 Å². The van der Waals surface area contributed by atoms with Crippen molar-refractivity contribution >= 4 is 13.3 Å². The topological polar surface area (TPSA) is 12.9 Å². The van der Waals surface area contributed by atoms with Crippen LogP contribution in [0.1, 0.15) is 17.0 Å². The normalized spacial score (nSPS) is 12.8. The molecule has 0 aliphatic heterocycles. The van der Waals surface area contributed by atoms with Crippen LogP contribution in [0.2, 0.25) is 19.1 Å². The van der Waals surface area contributed by atoms with Crippen molar-refractivity contribution in [2.75, 3.05) is 0 Å². The van der Waals surface area contributed by atoms with Crippen LogP contribution in [0.25, 0.3) is 0 Å². The summed E-state index contributed by atoms with van der Waals surface area (Å²) < 4.78 is 0. The Kier molecular flexibility index (Phi) is 4.72. The van der Waals surface area contributed by atoms with Crippen LogP contribution >= 0.6 is 0 Å². The highest BCUT2D eigenvalue weighted by Crippen LogP contribution is 2.32. The van der Waals surface area contributed by atoms with Gasteiger partial charge >= 0.3 is 0 Å². The Hall–Kier alpha value is -2.19. The molecule has 0 aliphatic rings. The molecule has 0 saturated heterocycles. The Balaban J connectivity index is 1.97. The minimum Gasteiger partial charge on any atom is -0.264 e. The molecule has 1 heterocycles. The van der Waals surface area contributed by atoms with E-state index < -0.39 is 8.07 Å². The second-order valence-corrected chi connectivity index (χ2v) is 11.5. The maximum atomic E-state index is 4.35. The van der Waals surface area contributed by atoms with E-state index in [2.05, 4.69) is 84.8 Å². The molecule has 2 aromatic carbocycles. The van der Waals surface area contributed by atoms with E-state index in [1.807, 2.05) is 18.5 Å². The second kappa shape index (κ2) is 6.92. The van der Waals surface area contributed by atoms with Gasteiger partial charge in [-0.2, -0.15) is 0 Å². The first-order valence-electron chi connectivity index (χ1n) is 8.17. The molecule has 116 valence electrons. The van der Waals surface area contributed by atoms with Crippen LogP contribution in [-0.2, 0) is 0 Å². The third-order valence-electron chi connectivity index (χ3n) is 4.56. The van der Waals surface area contributed by atoms with Gasteiger partial charge in [0.1, 0.15) is 0 Å². The van der Waals surface area contributed by atoms with Gasteiger partial charge in [-0.1, -0.05) is 85.0 Å². The van der Waals surface area contributed by atoms with Gasteiger partial charge in [-0.15, -0.1) is 0 Å². The van der Waals surface area contributed by atoms with Crippen molar-refractivity contribution in [3.63, 3.8) is 0 Å². The largest absolute Gasteiger partial charge is 0.264 e. The highest BCUT2D eigenvalue weighted by atomic mass is 28.3. The summed E-state index contributed by atoms with van der Waals surface area (Å²) in [6, 6.07) is 27.3. The van der Waals surface area contributed by atoms with E-state index in [0.717, 1.165) is 0 Å². The average molecular weight is 318 g/mol. The molecule has 0 N–H and O–H groups in total. The third kappa shape index (κ3) is 3.77. The lowest BCUT2D eigenvalue weighted by Crippen LogP contribution is -2.42. The summed E-state index contributed by atoms with van der Waals surface area (Å²) in [7, 11) is -1.54. The molecule has 1 unspecified atom stereocenters. The van der Waals surface area contributed by atoms with Crippen LogP contribution in [0.3, 0.4) is 0 Å². The first-order valence-corrected chi connectivity index (χ1v) is 11.4. The summed E-state index contributed by atoms with van der Waals surface area (Å²) in [5.74, 6) is 0.409. The Morgan fingerprint density at radius 2 is 1.39 bits per heavy atom. The van der Waals surface area contributed by atoms with Gasteiger partial charge in [-0.3, -0.25) is 4.98 Å². The highest BCUT2D eigenvalue weighted by molar-refractivity contribution is 6.89. The van der Waals surface area contributed by atoms with E-state index >= 15 is 0 Å². The summed E-state index contributed by atoms with van der Waals surface area (Å²) >= 11 is 0. The van der Waals surface area contributed by atoms with Gasteiger partial charge in [0, 0.05) is 18.3 Å². The molecular formula is C21H23NSi. The van der Waals surface area contributed by atoms with Crippen molar-refractivity contribution in [1.82, 2.24) is 4.98 Å². The fourth-order valence-corrected chi connectivity index (χ4v) is 6.04. The van der Waals surface area contributed by atoms with Crippen molar-refractivity contribution < 1.29 is 0 Å². The van der Waals surface area contributed by atoms with E-state index in [9.17, 15) is 0 Å². The third-order valence-corrected chi connectivity index (χ3v) is 7.88. The van der Waals surface area contributed by atoms with Crippen molar-refractivity contribution in [1.29, 1.82) is 0 Å². The first kappa shape index (κ1) is 15.7. The zero-order chi connectivity index (χ0) is 16.1. The molecular weight excluding hydrogens is 294 g/mol. The summed E-state index contributed by atoms with van der Waals surface area (Å²) in [5, 5.41) is 1.52. The maximum absolute atomic E-state index is 4.35. The molecule has 3 aromatic rings. The monoisotopic (exact) mass is 317 g/mol. The number of hydrogen-bond donors (Lipinski definition) is 0. The lowest BCUT2D eigenvalue weighted by molar-refractivity contribution is 0.891. The molecule has 0 amide bonds. The lowest BCUT2D eigenvalue weighted by atomic mass is 9.94. The van der Waals surface area contributed by atoms with E-state index in [0.29, 0.717) is 5.92 Å². The predicted octanol–water partition coefficient (Wildman–Crippen LogP) is 4.83. The number of hydrogen-bond acceptors (Lipinski definition) is 1. The SMILES string of the molecule is C[Si](C)(CC(c1ccccc1)c1cccnc1)c1ccccc1. The standard InChI is InChI=1S/C21H23NSi/c1-23(2,20-13-7-4-8-14-20)17-21(18-10-5-3-6-11-18)19-12-9-15-22-16-19/h3-16,21H,17H2,1-2H3. The molecule has 0 saturated carbocycles. The Morgan fingerprint density at radius 3 is 2.00 bits per heavy atom. The highest BCUT2D eigenvalue weighted by Gasteiger charge is 2.29. The molecule has 23 heavy (non-hydrogen) atoms. The maximum Gasteiger partial charge on any atom is 0.0815 e. The van der Waals surface area contributed by atoms with E-state index in [-0.39, 0.29) is 0 Å². The zero-order valence-corrected chi connectivity index (χ0v) is 14.8. The molecule has 3 rings (SSSR count). The van der Waals surface area contributed by atoms with Crippen molar-refractivity contribution in [2.24, 2.45) is 0 Å². The lowest BCUT2D eigenvalue weighted by Gasteiger charge is -2.29. The molecule has 2 heteroatoms. The van der Waals surface area contributed by atoms with Crippen molar-refractivity contribution in [3.8, 4) is 0 Å². The zero-order valence-electron chi connectivity index (χ0n) is 13.8. The number of aromatic nitrogens is 1. The van der Waals surface area contributed by atoms with Gasteiger partial charge in [0.05, 0.1) is 8.07 Å². The molecule has 0 aliphatic carbocycles. The molecule has 0 bridgehead atoms. The Bertz CT molecular complexity index is 684. The molecule has 1 aromatic heterocycles. The number of pyridine rings is 1. The van der Waals surface area contributed by atoms with Crippen LogP contribution in [0, 0.1) is 0 Å². The van der Waals surface area contributed by atoms with E-state index in [1.165, 1.54) is 22.4 Å². The first-order chi connectivity index (χ1) is 11.2. The van der Waals surface area contributed by atoms with Crippen molar-refractivity contribution in [3.05, 3.63) is 96.3 Å². The number of rotatable bonds is 5. The van der Waals surface area contributed by atoms with Crippen LogP contribution in [0.5, 0.6) is 0 Å². The predicted molar refractivity (Wildman–Crippen MR) is 101 cm³/mol. The molecule has 1 nitrogen and oxygen atoms in total. The van der Waals surface area contributed by atoms with E-state index in [4.69, 9.17) is 0 Å². The summed E-state index contributed by atoms with van der Waals surface area (Å²) in [6.45, 7) is 4.93. The van der Waals surface area contributed by atoms with Gasteiger partial charge < -0.3 is 0 Å². The smallest absolute Gasteiger partial charge is 0.0815 e. The molecule has 1 atom stereocenters. The molecule has 0 spiro atoms. The van der Waals surface area contributed by atoms with Crippen molar-refractivity contribution in [2.45, 2.75) is 25.1 Å². The van der Waals surface area contributed by atoms with Gasteiger partial charge in [0.25, 0.3) is 0 Å². The van der Waals surface area contributed by atoms with Gasteiger partial charge in [-0.25, -0.2) is 0 Å². The Morgan fingerprint density at radius 1 is 0.783 bits per heavy atom. The van der Waals surface area contributed by atoms with Gasteiger partial charge in [0.15, 0.2) is 0 Å². The van der Waals surface area contributed by atoms with Crippen LogP contribution in [0.15, 0.2) is 85.2 Å². The minimum absolute atomic E-state index is 0.409. The summed E-state index contributed by atoms with van der Waals surface area (Å²) in [5.41, 5.74) is 2.70. The Labute approximate surface area is 140 Å². The molecule has 0 radical (unpaired) electrons. The van der Waals surface area contributed by atoms with Crippen LogP contribution < -0.4 is 5.19 Å². The number of nitrogens with zero attached hydrogens (tertiary/aromatic N) is 1. The quantitative estimate of drug-likeness (QED) is 0.614. The van der Waals surface area contributed by atoms with E-state index in [1.54, 1.807) is 0 Å². The minimum atomic E-state index is -1.54. The summed E-state index contributed by atoms with van der Waals surface area (Å²) in [4.78, 5) is 4.35. The fraction of sp³-hybridized carbons (Fsp3) is 0.190. The van der Waals surface area contributed by atoms with Crippen LogP contribution in [0.4, 0.5) is 0 Å². The second-order valence-electron chi connectivity index (χ2n) is 6.70. The molecule has 0 fully saturated rings. The van der Waals surface area contributed by atoms with Crippen LogP contribution in [-0.4, -0.2) is 13.1 Å². The average Bonchev–Trinajstić information content (AvgIpc) is 2.62. The fourth-order valence-electron chi connectivity index (χ4n) is 3.21. The number of benzene rings is 2. The summed E-state index contributed by atoms with van der Waals surface area (Å²) in [6.07, 6.45) is 3.87. The van der Waals surface area contributed by atoms with Gasteiger partial charge in [0.2, 0.25) is 0 Å².